The van der Waals surface area contributed by atoms with Gasteiger partial charge in [0.2, 0.25) is 5.91 Å². The molecular weight excluding hydrogens is 466 g/mol. The number of ether oxygens (including phenoxy) is 1. The average molecular weight is 498 g/mol. The number of hydrogen-bond acceptors (Lipinski definition) is 4. The third-order valence-corrected chi connectivity index (χ3v) is 5.67. The van der Waals surface area contributed by atoms with Gasteiger partial charge in [0.1, 0.15) is 18.1 Å². The summed E-state index contributed by atoms with van der Waals surface area (Å²) in [5.41, 5.74) is 3.02. The zero-order chi connectivity index (χ0) is 26.2. The van der Waals surface area contributed by atoms with Crippen LogP contribution in [0, 0.1) is 0 Å². The summed E-state index contributed by atoms with van der Waals surface area (Å²) >= 11 is 0. The van der Waals surface area contributed by atoms with Crippen LogP contribution in [-0.4, -0.2) is 45.8 Å². The summed E-state index contributed by atoms with van der Waals surface area (Å²) in [4.78, 5) is 27.8. The Morgan fingerprint density at radius 2 is 1.57 bits per heavy atom. The Balaban J connectivity index is 1.54. The number of nitrogens with one attached hydrogen (secondary N) is 2. The molecular formula is C29H31N5O3. The molecule has 0 saturated carbocycles. The third-order valence-electron chi connectivity index (χ3n) is 5.67. The number of amides is 3. The number of para-hydroxylation sites is 3. The lowest BCUT2D eigenvalue weighted by Crippen LogP contribution is -2.44. The van der Waals surface area contributed by atoms with E-state index < -0.39 is 0 Å². The SMILES string of the molecule is CCOc1ccccc1NC(=O)N(CC(=O)Nc1cc(-c2ccccc2)nn1-c1ccccc1)C(C)C. The smallest absolute Gasteiger partial charge is 0.322 e. The summed E-state index contributed by atoms with van der Waals surface area (Å²) in [5, 5.41) is 10.6. The quantitative estimate of drug-likeness (QED) is 0.305. The fourth-order valence-electron chi connectivity index (χ4n) is 3.85. The van der Waals surface area contributed by atoms with Crippen molar-refractivity contribution in [3.8, 4) is 22.7 Å². The molecule has 4 aromatic rings. The van der Waals surface area contributed by atoms with Crippen LogP contribution in [0.25, 0.3) is 16.9 Å². The zero-order valence-electron chi connectivity index (χ0n) is 21.2. The van der Waals surface area contributed by atoms with Gasteiger partial charge < -0.3 is 20.3 Å². The van der Waals surface area contributed by atoms with Crippen molar-refractivity contribution in [1.29, 1.82) is 0 Å². The van der Waals surface area contributed by atoms with Crippen LogP contribution in [0.3, 0.4) is 0 Å². The Kier molecular flexibility index (Phi) is 8.20. The number of rotatable bonds is 9. The molecule has 3 aromatic carbocycles. The second-order valence-corrected chi connectivity index (χ2v) is 8.66. The molecule has 0 unspecified atom stereocenters. The van der Waals surface area contributed by atoms with Crippen molar-refractivity contribution < 1.29 is 14.3 Å². The van der Waals surface area contributed by atoms with Gasteiger partial charge >= 0.3 is 6.03 Å². The zero-order valence-corrected chi connectivity index (χ0v) is 21.2. The van der Waals surface area contributed by atoms with E-state index in [1.807, 2.05) is 99.6 Å². The molecule has 0 aliphatic carbocycles. The molecule has 4 rings (SSSR count). The minimum Gasteiger partial charge on any atom is -0.492 e. The highest BCUT2D eigenvalue weighted by Crippen LogP contribution is 2.26. The van der Waals surface area contributed by atoms with Crippen molar-refractivity contribution in [2.45, 2.75) is 26.8 Å². The van der Waals surface area contributed by atoms with Gasteiger partial charge in [-0.25, -0.2) is 9.48 Å². The Morgan fingerprint density at radius 1 is 0.919 bits per heavy atom. The molecule has 190 valence electrons. The first kappa shape index (κ1) is 25.5. The number of hydrogen-bond donors (Lipinski definition) is 2. The molecule has 1 heterocycles. The summed E-state index contributed by atoms with van der Waals surface area (Å²) in [6.45, 7) is 5.95. The normalized spacial score (nSPS) is 10.7. The lowest BCUT2D eigenvalue weighted by atomic mass is 10.1. The minimum atomic E-state index is -0.390. The van der Waals surface area contributed by atoms with Gasteiger partial charge in [0.25, 0.3) is 0 Å². The van der Waals surface area contributed by atoms with Gasteiger partial charge in [-0.2, -0.15) is 5.10 Å². The number of nitrogens with zero attached hydrogens (tertiary/aromatic N) is 3. The highest BCUT2D eigenvalue weighted by molar-refractivity contribution is 5.97. The van der Waals surface area contributed by atoms with Gasteiger partial charge in [-0.3, -0.25) is 4.79 Å². The molecule has 0 aliphatic heterocycles. The predicted octanol–water partition coefficient (Wildman–Crippen LogP) is 5.82. The molecule has 1 aromatic heterocycles. The summed E-state index contributed by atoms with van der Waals surface area (Å²) in [6, 6.07) is 27.8. The van der Waals surface area contributed by atoms with E-state index in [1.54, 1.807) is 16.8 Å². The van der Waals surface area contributed by atoms with Gasteiger partial charge in [0, 0.05) is 17.7 Å². The number of urea groups is 1. The maximum absolute atomic E-state index is 13.2. The number of anilines is 2. The Labute approximate surface area is 216 Å². The van der Waals surface area contributed by atoms with Crippen LogP contribution in [0.4, 0.5) is 16.3 Å². The van der Waals surface area contributed by atoms with E-state index in [2.05, 4.69) is 10.6 Å². The van der Waals surface area contributed by atoms with Crippen LogP contribution in [-0.2, 0) is 4.79 Å². The number of benzene rings is 3. The Hall–Kier alpha value is -4.59. The molecule has 8 heteroatoms. The van der Waals surface area contributed by atoms with E-state index in [4.69, 9.17) is 9.84 Å². The standard InChI is InChI=1S/C29H31N5O3/c1-4-37-26-18-12-11-17-24(26)30-29(36)33(21(2)3)20-28(35)31-27-19-25(22-13-7-5-8-14-22)32-34(27)23-15-9-6-10-16-23/h5-19,21H,4,20H2,1-3H3,(H,30,36)(H,31,35). The van der Waals surface area contributed by atoms with Gasteiger partial charge in [-0.1, -0.05) is 60.7 Å². The van der Waals surface area contributed by atoms with E-state index in [9.17, 15) is 9.59 Å². The van der Waals surface area contributed by atoms with Crippen LogP contribution in [0.1, 0.15) is 20.8 Å². The summed E-state index contributed by atoms with van der Waals surface area (Å²) in [5.74, 6) is 0.756. The first-order valence-electron chi connectivity index (χ1n) is 12.3. The number of aromatic nitrogens is 2. The second-order valence-electron chi connectivity index (χ2n) is 8.66. The van der Waals surface area contributed by atoms with Crippen LogP contribution < -0.4 is 15.4 Å². The predicted molar refractivity (Wildman–Crippen MR) is 146 cm³/mol. The summed E-state index contributed by atoms with van der Waals surface area (Å²) < 4.78 is 7.30. The highest BCUT2D eigenvalue weighted by Gasteiger charge is 2.23. The van der Waals surface area contributed by atoms with Crippen molar-refractivity contribution in [2.24, 2.45) is 0 Å². The molecule has 8 nitrogen and oxygen atoms in total. The maximum Gasteiger partial charge on any atom is 0.322 e. The maximum atomic E-state index is 13.2. The lowest BCUT2D eigenvalue weighted by Gasteiger charge is -2.26. The van der Waals surface area contributed by atoms with E-state index in [0.29, 0.717) is 23.9 Å². The third kappa shape index (κ3) is 6.35. The van der Waals surface area contributed by atoms with Crippen LogP contribution >= 0.6 is 0 Å². The average Bonchev–Trinajstić information content (AvgIpc) is 3.33. The molecule has 3 amide bonds. The molecule has 0 bridgehead atoms. The van der Waals surface area contributed by atoms with Gasteiger partial charge in [0.05, 0.1) is 23.7 Å². The monoisotopic (exact) mass is 497 g/mol. The van der Waals surface area contributed by atoms with Crippen molar-refractivity contribution in [3.05, 3.63) is 91.0 Å². The molecule has 0 aliphatic rings. The molecule has 0 fully saturated rings. The Bertz CT molecular complexity index is 1340. The molecule has 2 N–H and O–H groups in total. The first-order valence-corrected chi connectivity index (χ1v) is 12.3. The van der Waals surface area contributed by atoms with Crippen LogP contribution in [0.2, 0.25) is 0 Å². The number of carbonyl (C=O) groups excluding carboxylic acids is 2. The van der Waals surface area contributed by atoms with Crippen molar-refractivity contribution in [1.82, 2.24) is 14.7 Å². The first-order chi connectivity index (χ1) is 18.0. The largest absolute Gasteiger partial charge is 0.492 e. The van der Waals surface area contributed by atoms with Gasteiger partial charge in [0.15, 0.2) is 0 Å². The van der Waals surface area contributed by atoms with E-state index >= 15 is 0 Å². The fourth-order valence-corrected chi connectivity index (χ4v) is 3.85. The Morgan fingerprint density at radius 3 is 2.24 bits per heavy atom. The summed E-state index contributed by atoms with van der Waals surface area (Å²) in [6.07, 6.45) is 0. The van der Waals surface area contributed by atoms with Crippen molar-refractivity contribution in [3.63, 3.8) is 0 Å². The molecule has 37 heavy (non-hydrogen) atoms. The second kappa shape index (κ2) is 11.9. The van der Waals surface area contributed by atoms with Gasteiger partial charge in [-0.05, 0) is 45.0 Å². The van der Waals surface area contributed by atoms with Crippen molar-refractivity contribution in [2.75, 3.05) is 23.8 Å². The van der Waals surface area contributed by atoms with Crippen molar-refractivity contribution >= 4 is 23.4 Å². The molecule has 0 saturated heterocycles. The van der Waals surface area contributed by atoms with E-state index in [0.717, 1.165) is 16.9 Å². The van der Waals surface area contributed by atoms with E-state index in [1.165, 1.54) is 4.90 Å². The fraction of sp³-hybridized carbons (Fsp3) is 0.207. The molecule has 0 atom stereocenters. The topological polar surface area (TPSA) is 88.5 Å². The molecule has 0 spiro atoms. The van der Waals surface area contributed by atoms with Crippen LogP contribution in [0.5, 0.6) is 5.75 Å². The summed E-state index contributed by atoms with van der Waals surface area (Å²) in [7, 11) is 0. The molecule has 0 radical (unpaired) electrons. The number of carbonyl (C=O) groups is 2. The lowest BCUT2D eigenvalue weighted by molar-refractivity contribution is -0.117. The minimum absolute atomic E-state index is 0.138. The van der Waals surface area contributed by atoms with E-state index in [-0.39, 0.29) is 24.5 Å². The highest BCUT2D eigenvalue weighted by atomic mass is 16.5. The van der Waals surface area contributed by atoms with Gasteiger partial charge in [-0.15, -0.1) is 0 Å². The van der Waals surface area contributed by atoms with Crippen LogP contribution in [0.15, 0.2) is 91.0 Å².